The lowest BCUT2D eigenvalue weighted by atomic mass is 10.2. The van der Waals surface area contributed by atoms with Gasteiger partial charge >= 0.3 is 6.09 Å². The fourth-order valence-electron chi connectivity index (χ4n) is 1.59. The second-order valence-corrected chi connectivity index (χ2v) is 5.25. The third-order valence-electron chi connectivity index (χ3n) is 2.30. The predicted octanol–water partition coefficient (Wildman–Crippen LogP) is 1.89. The van der Waals surface area contributed by atoms with E-state index in [-0.39, 0.29) is 6.54 Å². The highest BCUT2D eigenvalue weighted by atomic mass is 16.7. The van der Waals surface area contributed by atoms with Crippen LogP contribution in [-0.4, -0.2) is 24.5 Å². The number of hydrogen-bond acceptors (Lipinski definition) is 5. The Hall–Kier alpha value is -2.11. The van der Waals surface area contributed by atoms with Gasteiger partial charge in [-0.3, -0.25) is 0 Å². The van der Waals surface area contributed by atoms with Crippen molar-refractivity contribution >= 4 is 11.8 Å². The van der Waals surface area contributed by atoms with E-state index in [0.717, 1.165) is 0 Å². The van der Waals surface area contributed by atoms with E-state index in [0.29, 0.717) is 17.2 Å². The number of anilines is 1. The number of hydrogen-bond donors (Lipinski definition) is 2. The van der Waals surface area contributed by atoms with E-state index in [2.05, 4.69) is 5.32 Å². The van der Waals surface area contributed by atoms with Gasteiger partial charge in [0.15, 0.2) is 11.5 Å². The van der Waals surface area contributed by atoms with Gasteiger partial charge in [-0.1, -0.05) is 0 Å². The maximum atomic E-state index is 11.5. The van der Waals surface area contributed by atoms with E-state index in [1.54, 1.807) is 39.0 Å². The molecule has 1 aliphatic rings. The molecule has 2 rings (SSSR count). The summed E-state index contributed by atoms with van der Waals surface area (Å²) in [6.07, 6.45) is -1.07. The Kier molecular flexibility index (Phi) is 3.42. The number of amides is 1. The third-order valence-corrected chi connectivity index (χ3v) is 2.30. The minimum Gasteiger partial charge on any atom is -0.449 e. The number of nitrogens with one attached hydrogen (secondary N) is 1. The van der Waals surface area contributed by atoms with Crippen molar-refractivity contribution in [3.63, 3.8) is 0 Å². The first kappa shape index (κ1) is 13.3. The number of alkyl carbamates (subject to hydrolysis) is 1. The Balaban J connectivity index is 1.83. The highest BCUT2D eigenvalue weighted by Gasteiger charge is 2.25. The number of ether oxygens (including phenoxy) is 3. The summed E-state index contributed by atoms with van der Waals surface area (Å²) in [5.41, 5.74) is 5.71. The monoisotopic (exact) mass is 266 g/mol. The van der Waals surface area contributed by atoms with Crippen molar-refractivity contribution < 1.29 is 19.0 Å². The summed E-state index contributed by atoms with van der Waals surface area (Å²) in [4.78, 5) is 11.5. The van der Waals surface area contributed by atoms with Crippen molar-refractivity contribution in [3.8, 4) is 11.5 Å². The molecule has 1 amide bonds. The first-order chi connectivity index (χ1) is 8.83. The van der Waals surface area contributed by atoms with Crippen LogP contribution in [0, 0.1) is 0 Å². The van der Waals surface area contributed by atoms with Crippen LogP contribution < -0.4 is 20.5 Å². The molecule has 0 bridgehead atoms. The Labute approximate surface area is 111 Å². The number of carbonyl (C=O) groups excluding carboxylic acids is 1. The van der Waals surface area contributed by atoms with E-state index in [4.69, 9.17) is 19.9 Å². The largest absolute Gasteiger partial charge is 0.449 e. The lowest BCUT2D eigenvalue weighted by Crippen LogP contribution is -2.39. The summed E-state index contributed by atoms with van der Waals surface area (Å²) in [7, 11) is 0. The molecule has 19 heavy (non-hydrogen) atoms. The van der Waals surface area contributed by atoms with Gasteiger partial charge in [0.05, 0.1) is 6.54 Å². The Morgan fingerprint density at radius 2 is 2.05 bits per heavy atom. The van der Waals surface area contributed by atoms with E-state index in [9.17, 15) is 4.79 Å². The molecule has 0 fully saturated rings. The van der Waals surface area contributed by atoms with Gasteiger partial charge in [-0.2, -0.15) is 0 Å². The number of benzene rings is 1. The quantitative estimate of drug-likeness (QED) is 0.799. The second kappa shape index (κ2) is 4.87. The van der Waals surface area contributed by atoms with Crippen LogP contribution in [0.3, 0.4) is 0 Å². The highest BCUT2D eigenvalue weighted by Crippen LogP contribution is 2.35. The van der Waals surface area contributed by atoms with Gasteiger partial charge in [-0.25, -0.2) is 4.79 Å². The van der Waals surface area contributed by atoms with Gasteiger partial charge in [0.1, 0.15) is 5.60 Å². The van der Waals surface area contributed by atoms with Crippen LogP contribution in [-0.2, 0) is 4.74 Å². The molecule has 0 spiro atoms. The first-order valence-corrected chi connectivity index (χ1v) is 6.03. The minimum absolute atomic E-state index is 0.198. The van der Waals surface area contributed by atoms with E-state index in [1.165, 1.54) is 0 Å². The van der Waals surface area contributed by atoms with Crippen LogP contribution in [0.4, 0.5) is 10.5 Å². The fourth-order valence-corrected chi connectivity index (χ4v) is 1.59. The number of fused-ring (bicyclic) bond motifs is 1. The zero-order chi connectivity index (χ0) is 14.0. The zero-order valence-corrected chi connectivity index (χ0v) is 11.2. The molecular formula is C13H18N2O4. The molecule has 0 aliphatic carbocycles. The molecule has 3 N–H and O–H groups in total. The number of carbonyl (C=O) groups is 1. The van der Waals surface area contributed by atoms with E-state index >= 15 is 0 Å². The SMILES string of the molecule is CC(C)(C)OC(=O)NC[C@@H]1Oc2ccc(N)cc2O1. The van der Waals surface area contributed by atoms with Crippen LogP contribution in [0.5, 0.6) is 11.5 Å². The van der Waals surface area contributed by atoms with Crippen molar-refractivity contribution in [2.24, 2.45) is 0 Å². The van der Waals surface area contributed by atoms with Crippen molar-refractivity contribution in [3.05, 3.63) is 18.2 Å². The molecular weight excluding hydrogens is 248 g/mol. The maximum absolute atomic E-state index is 11.5. The van der Waals surface area contributed by atoms with Gasteiger partial charge in [0.2, 0.25) is 0 Å². The Morgan fingerprint density at radius 3 is 2.74 bits per heavy atom. The summed E-state index contributed by atoms with van der Waals surface area (Å²) >= 11 is 0. The standard InChI is InChI=1S/C13H18N2O4/c1-13(2,3)19-12(16)15-7-11-17-9-5-4-8(14)6-10(9)18-11/h4-6,11H,7,14H2,1-3H3,(H,15,16)/t11-/m1/s1. The Morgan fingerprint density at radius 1 is 1.37 bits per heavy atom. The number of nitrogen functional groups attached to an aromatic ring is 1. The van der Waals surface area contributed by atoms with Crippen molar-refractivity contribution in [1.29, 1.82) is 0 Å². The molecule has 1 aromatic rings. The molecule has 1 aromatic carbocycles. The number of rotatable bonds is 2. The summed E-state index contributed by atoms with van der Waals surface area (Å²) in [5.74, 6) is 1.20. The topological polar surface area (TPSA) is 82.8 Å². The van der Waals surface area contributed by atoms with Crippen LogP contribution in [0.2, 0.25) is 0 Å². The third kappa shape index (κ3) is 3.67. The zero-order valence-electron chi connectivity index (χ0n) is 11.2. The molecule has 1 heterocycles. The molecule has 0 unspecified atom stereocenters. The highest BCUT2D eigenvalue weighted by molar-refractivity contribution is 5.67. The molecule has 104 valence electrons. The van der Waals surface area contributed by atoms with Gasteiger partial charge < -0.3 is 25.3 Å². The first-order valence-electron chi connectivity index (χ1n) is 6.03. The number of nitrogens with two attached hydrogens (primary N) is 1. The fraction of sp³-hybridized carbons (Fsp3) is 0.462. The van der Waals surface area contributed by atoms with Crippen LogP contribution in [0.15, 0.2) is 18.2 Å². The lowest BCUT2D eigenvalue weighted by molar-refractivity contribution is 0.0301. The smallest absolute Gasteiger partial charge is 0.407 e. The van der Waals surface area contributed by atoms with Crippen molar-refractivity contribution in [1.82, 2.24) is 5.32 Å². The van der Waals surface area contributed by atoms with E-state index in [1.807, 2.05) is 0 Å². The molecule has 0 saturated carbocycles. The minimum atomic E-state index is -0.565. The van der Waals surface area contributed by atoms with E-state index < -0.39 is 18.0 Å². The summed E-state index contributed by atoms with van der Waals surface area (Å²) in [6, 6.07) is 5.15. The molecule has 6 nitrogen and oxygen atoms in total. The molecule has 0 radical (unpaired) electrons. The molecule has 0 saturated heterocycles. The van der Waals surface area contributed by atoms with Crippen LogP contribution >= 0.6 is 0 Å². The van der Waals surface area contributed by atoms with Crippen LogP contribution in [0.25, 0.3) is 0 Å². The molecule has 1 atom stereocenters. The summed E-state index contributed by atoms with van der Waals surface area (Å²) in [5, 5.41) is 2.59. The average Bonchev–Trinajstić information content (AvgIpc) is 2.66. The Bertz CT molecular complexity index is 482. The predicted molar refractivity (Wildman–Crippen MR) is 70.1 cm³/mol. The molecule has 0 aromatic heterocycles. The van der Waals surface area contributed by atoms with Crippen LogP contribution in [0.1, 0.15) is 20.8 Å². The molecule has 1 aliphatic heterocycles. The van der Waals surface area contributed by atoms with Gasteiger partial charge in [-0.15, -0.1) is 0 Å². The second-order valence-electron chi connectivity index (χ2n) is 5.25. The van der Waals surface area contributed by atoms with Gasteiger partial charge in [-0.05, 0) is 32.9 Å². The lowest BCUT2D eigenvalue weighted by Gasteiger charge is -2.20. The van der Waals surface area contributed by atoms with Crippen molar-refractivity contribution in [2.75, 3.05) is 12.3 Å². The average molecular weight is 266 g/mol. The van der Waals surface area contributed by atoms with Gasteiger partial charge in [0, 0.05) is 11.8 Å². The summed E-state index contributed by atoms with van der Waals surface area (Å²) < 4.78 is 16.1. The normalized spacial score (nSPS) is 17.1. The maximum Gasteiger partial charge on any atom is 0.407 e. The van der Waals surface area contributed by atoms with Gasteiger partial charge in [0.25, 0.3) is 6.29 Å². The van der Waals surface area contributed by atoms with Crippen molar-refractivity contribution in [2.45, 2.75) is 32.7 Å². The summed E-state index contributed by atoms with van der Waals surface area (Å²) in [6.45, 7) is 5.60. The molecule has 6 heteroatoms.